The van der Waals surface area contributed by atoms with Gasteiger partial charge in [-0.05, 0) is 44.7 Å². The van der Waals surface area contributed by atoms with Crippen LogP contribution in [0.3, 0.4) is 0 Å². The number of nitrogens with zero attached hydrogens (tertiary/aromatic N) is 1. The number of hydrogen-bond acceptors (Lipinski definition) is 2. The summed E-state index contributed by atoms with van der Waals surface area (Å²) in [6, 6.07) is 0. The lowest BCUT2D eigenvalue weighted by Crippen LogP contribution is -2.40. The first-order valence-corrected chi connectivity index (χ1v) is 6.43. The highest BCUT2D eigenvalue weighted by Crippen LogP contribution is 2.31. The van der Waals surface area contributed by atoms with Gasteiger partial charge in [-0.2, -0.15) is 0 Å². The molecule has 90 valence electrons. The zero-order valence-corrected chi connectivity index (χ0v) is 11.0. The average Bonchev–Trinajstić information content (AvgIpc) is 2.87. The van der Waals surface area contributed by atoms with Crippen LogP contribution in [0.1, 0.15) is 39.5 Å². The van der Waals surface area contributed by atoms with Crippen LogP contribution in [-0.2, 0) is 0 Å². The van der Waals surface area contributed by atoms with Crippen LogP contribution in [0.5, 0.6) is 0 Å². The first-order valence-electron chi connectivity index (χ1n) is 6.43. The lowest BCUT2D eigenvalue weighted by molar-refractivity contribution is 0.172. The maximum absolute atomic E-state index is 3.34. The Kier molecular flexibility index (Phi) is 5.07. The predicted octanol–water partition coefficient (Wildman–Crippen LogP) is 2.35. The summed E-state index contributed by atoms with van der Waals surface area (Å²) in [6.07, 6.45) is 5.53. The first kappa shape index (κ1) is 13.0. The highest BCUT2D eigenvalue weighted by molar-refractivity contribution is 4.82. The summed E-state index contributed by atoms with van der Waals surface area (Å²) in [5.74, 6) is 1.01. The lowest BCUT2D eigenvalue weighted by Gasteiger charge is -2.33. The van der Waals surface area contributed by atoms with Gasteiger partial charge in [-0.1, -0.05) is 20.3 Å². The molecule has 0 aliphatic heterocycles. The van der Waals surface area contributed by atoms with E-state index < -0.39 is 0 Å². The van der Waals surface area contributed by atoms with Crippen molar-refractivity contribution < 1.29 is 0 Å². The van der Waals surface area contributed by atoms with Crippen LogP contribution in [0.15, 0.2) is 0 Å². The summed E-state index contributed by atoms with van der Waals surface area (Å²) in [6.45, 7) is 8.38. The van der Waals surface area contributed by atoms with Crippen LogP contribution >= 0.6 is 0 Å². The molecule has 1 aliphatic carbocycles. The number of rotatable bonds is 8. The standard InChI is InChI=1S/C13H28N2/c1-5-8-13(2,10-14-3)11-15(4)9-12-6-7-12/h12,14H,5-11H2,1-4H3. The average molecular weight is 212 g/mol. The van der Waals surface area contributed by atoms with Gasteiger partial charge < -0.3 is 10.2 Å². The van der Waals surface area contributed by atoms with Crippen molar-refractivity contribution in [1.82, 2.24) is 10.2 Å². The van der Waals surface area contributed by atoms with Gasteiger partial charge in [0.1, 0.15) is 0 Å². The number of nitrogens with one attached hydrogen (secondary N) is 1. The molecule has 1 aliphatic rings. The van der Waals surface area contributed by atoms with E-state index >= 15 is 0 Å². The molecule has 0 heterocycles. The molecule has 2 nitrogen and oxygen atoms in total. The molecule has 1 N–H and O–H groups in total. The number of hydrogen-bond donors (Lipinski definition) is 1. The fraction of sp³-hybridized carbons (Fsp3) is 1.00. The topological polar surface area (TPSA) is 15.3 Å². The summed E-state index contributed by atoms with van der Waals surface area (Å²) < 4.78 is 0. The van der Waals surface area contributed by atoms with E-state index in [1.165, 1.54) is 38.8 Å². The van der Waals surface area contributed by atoms with Crippen molar-refractivity contribution in [1.29, 1.82) is 0 Å². The second kappa shape index (κ2) is 5.86. The van der Waals surface area contributed by atoms with Crippen LogP contribution in [0.4, 0.5) is 0 Å². The Balaban J connectivity index is 2.33. The van der Waals surface area contributed by atoms with Crippen molar-refractivity contribution in [3.63, 3.8) is 0 Å². The van der Waals surface area contributed by atoms with Crippen molar-refractivity contribution >= 4 is 0 Å². The zero-order chi connectivity index (χ0) is 11.3. The van der Waals surface area contributed by atoms with Crippen LogP contribution < -0.4 is 5.32 Å². The largest absolute Gasteiger partial charge is 0.319 e. The maximum atomic E-state index is 3.34. The monoisotopic (exact) mass is 212 g/mol. The molecule has 15 heavy (non-hydrogen) atoms. The van der Waals surface area contributed by atoms with Gasteiger partial charge in [0.05, 0.1) is 0 Å². The molecule has 1 rings (SSSR count). The van der Waals surface area contributed by atoms with Crippen LogP contribution in [-0.4, -0.2) is 38.6 Å². The van der Waals surface area contributed by atoms with Crippen LogP contribution in [0.2, 0.25) is 0 Å². The summed E-state index contributed by atoms with van der Waals surface area (Å²) in [7, 11) is 4.34. The third-order valence-corrected chi connectivity index (χ3v) is 3.38. The minimum absolute atomic E-state index is 0.452. The minimum Gasteiger partial charge on any atom is -0.319 e. The molecule has 1 unspecified atom stereocenters. The normalized spacial score (nSPS) is 20.6. The van der Waals surface area contributed by atoms with Gasteiger partial charge in [-0.25, -0.2) is 0 Å². The van der Waals surface area contributed by atoms with E-state index in [2.05, 4.69) is 38.2 Å². The minimum atomic E-state index is 0.452. The van der Waals surface area contributed by atoms with Crippen molar-refractivity contribution in [2.24, 2.45) is 11.3 Å². The van der Waals surface area contributed by atoms with Crippen LogP contribution in [0.25, 0.3) is 0 Å². The van der Waals surface area contributed by atoms with E-state index in [1.54, 1.807) is 0 Å². The third kappa shape index (κ3) is 4.98. The van der Waals surface area contributed by atoms with Gasteiger partial charge >= 0.3 is 0 Å². The van der Waals surface area contributed by atoms with Crippen molar-refractivity contribution in [3.05, 3.63) is 0 Å². The fourth-order valence-corrected chi connectivity index (χ4v) is 2.71. The lowest BCUT2D eigenvalue weighted by atomic mass is 9.85. The Morgan fingerprint density at radius 2 is 2.07 bits per heavy atom. The van der Waals surface area contributed by atoms with Crippen LogP contribution in [0, 0.1) is 11.3 Å². The fourth-order valence-electron chi connectivity index (χ4n) is 2.71. The molecule has 2 heteroatoms. The molecule has 1 saturated carbocycles. The van der Waals surface area contributed by atoms with Crippen molar-refractivity contribution in [2.75, 3.05) is 33.7 Å². The highest BCUT2D eigenvalue weighted by atomic mass is 15.1. The SMILES string of the molecule is CCCC(C)(CNC)CN(C)CC1CC1. The Labute approximate surface area is 95.4 Å². The molecule has 0 radical (unpaired) electrons. The van der Waals surface area contributed by atoms with E-state index in [9.17, 15) is 0 Å². The van der Waals surface area contributed by atoms with E-state index in [-0.39, 0.29) is 0 Å². The summed E-state index contributed by atoms with van der Waals surface area (Å²) in [5.41, 5.74) is 0.452. The predicted molar refractivity (Wildman–Crippen MR) is 67.2 cm³/mol. The van der Waals surface area contributed by atoms with Gasteiger partial charge in [0, 0.05) is 19.6 Å². The second-order valence-electron chi connectivity index (χ2n) is 5.73. The Morgan fingerprint density at radius 1 is 1.40 bits per heavy atom. The molecule has 0 saturated heterocycles. The molecule has 0 bridgehead atoms. The van der Waals surface area contributed by atoms with Gasteiger partial charge in [0.2, 0.25) is 0 Å². The van der Waals surface area contributed by atoms with E-state index in [4.69, 9.17) is 0 Å². The quantitative estimate of drug-likeness (QED) is 0.664. The molecule has 0 spiro atoms. The van der Waals surface area contributed by atoms with Gasteiger partial charge in [0.25, 0.3) is 0 Å². The second-order valence-corrected chi connectivity index (χ2v) is 5.73. The van der Waals surface area contributed by atoms with Gasteiger partial charge in [-0.3, -0.25) is 0 Å². The molecule has 1 fully saturated rings. The molecular formula is C13H28N2. The Hall–Kier alpha value is -0.0800. The van der Waals surface area contributed by atoms with Gasteiger partial charge in [-0.15, -0.1) is 0 Å². The summed E-state index contributed by atoms with van der Waals surface area (Å²) in [5, 5.41) is 3.34. The van der Waals surface area contributed by atoms with E-state index in [0.717, 1.165) is 12.5 Å². The van der Waals surface area contributed by atoms with Crippen molar-refractivity contribution in [2.45, 2.75) is 39.5 Å². The van der Waals surface area contributed by atoms with Gasteiger partial charge in [0.15, 0.2) is 0 Å². The van der Waals surface area contributed by atoms with E-state index in [1.807, 2.05) is 0 Å². The maximum Gasteiger partial charge on any atom is 0.00445 e. The zero-order valence-electron chi connectivity index (χ0n) is 11.0. The molecular weight excluding hydrogens is 184 g/mol. The molecule has 0 aromatic carbocycles. The molecule has 0 amide bonds. The van der Waals surface area contributed by atoms with E-state index in [0.29, 0.717) is 5.41 Å². The Morgan fingerprint density at radius 3 is 2.53 bits per heavy atom. The summed E-state index contributed by atoms with van der Waals surface area (Å²) >= 11 is 0. The highest BCUT2D eigenvalue weighted by Gasteiger charge is 2.28. The smallest absolute Gasteiger partial charge is 0.00445 e. The molecule has 1 atom stereocenters. The first-order chi connectivity index (χ1) is 7.09. The summed E-state index contributed by atoms with van der Waals surface area (Å²) in [4.78, 5) is 2.53. The molecule has 0 aromatic rings. The third-order valence-electron chi connectivity index (χ3n) is 3.38. The Bertz CT molecular complexity index is 169. The molecule has 0 aromatic heterocycles. The van der Waals surface area contributed by atoms with Crippen molar-refractivity contribution in [3.8, 4) is 0 Å².